The van der Waals surface area contributed by atoms with Crippen LogP contribution in [0, 0.1) is 18.6 Å². The quantitative estimate of drug-likeness (QED) is 0.257. The van der Waals surface area contributed by atoms with Gasteiger partial charge in [0.1, 0.15) is 11.6 Å². The molecule has 0 bridgehead atoms. The Morgan fingerprint density at radius 3 is 2.26 bits per heavy atom. The SMILES string of the molecule is CCCN(CCC)C(=O)c1cc(C)cc(C(=O)N[C@@H](Cc2cc(F)cc(F)c2)C(O)[C@H]2CN(S(=O)(=O)c3ccccc3)CCN2)c1. The van der Waals surface area contributed by atoms with E-state index in [0.717, 1.165) is 31.0 Å². The molecule has 0 spiro atoms. The average molecular weight is 657 g/mol. The monoisotopic (exact) mass is 656 g/mol. The number of aliphatic hydroxyl groups is 1. The van der Waals surface area contributed by atoms with E-state index in [1.54, 1.807) is 42.2 Å². The van der Waals surface area contributed by atoms with Crippen LogP contribution in [0.1, 0.15) is 58.5 Å². The number of halogens is 2. The molecule has 12 heteroatoms. The molecule has 4 rings (SSSR count). The van der Waals surface area contributed by atoms with E-state index in [1.165, 1.54) is 22.5 Å². The van der Waals surface area contributed by atoms with Gasteiger partial charge in [-0.3, -0.25) is 9.59 Å². The Morgan fingerprint density at radius 2 is 1.63 bits per heavy atom. The van der Waals surface area contributed by atoms with Crippen molar-refractivity contribution in [3.63, 3.8) is 0 Å². The van der Waals surface area contributed by atoms with Crippen LogP contribution in [0.5, 0.6) is 0 Å². The van der Waals surface area contributed by atoms with Crippen LogP contribution in [0.4, 0.5) is 8.78 Å². The van der Waals surface area contributed by atoms with Gasteiger partial charge in [0.2, 0.25) is 10.0 Å². The number of hydrogen-bond acceptors (Lipinski definition) is 6. The van der Waals surface area contributed by atoms with Crippen molar-refractivity contribution < 1.29 is 31.9 Å². The van der Waals surface area contributed by atoms with Crippen molar-refractivity contribution in [3.05, 3.63) is 101 Å². The molecule has 0 radical (unpaired) electrons. The Morgan fingerprint density at radius 1 is 1.00 bits per heavy atom. The van der Waals surface area contributed by atoms with E-state index in [4.69, 9.17) is 0 Å². The second-order valence-electron chi connectivity index (χ2n) is 11.7. The van der Waals surface area contributed by atoms with Crippen LogP contribution < -0.4 is 10.6 Å². The zero-order valence-corrected chi connectivity index (χ0v) is 27.2. The van der Waals surface area contributed by atoms with Crippen LogP contribution in [0.3, 0.4) is 0 Å². The molecule has 1 heterocycles. The first-order chi connectivity index (χ1) is 21.9. The number of aliphatic hydroxyl groups excluding tert-OH is 1. The molecule has 3 N–H and O–H groups in total. The van der Waals surface area contributed by atoms with Crippen LogP contribution >= 0.6 is 0 Å². The summed E-state index contributed by atoms with van der Waals surface area (Å²) in [6.07, 6.45) is 0.0536. The summed E-state index contributed by atoms with van der Waals surface area (Å²) in [5.41, 5.74) is 1.42. The molecule has 1 unspecified atom stereocenters. The van der Waals surface area contributed by atoms with E-state index < -0.39 is 45.8 Å². The number of benzene rings is 3. The fraction of sp³-hybridized carbons (Fsp3) is 0.412. The van der Waals surface area contributed by atoms with Crippen LogP contribution in [0.25, 0.3) is 0 Å². The zero-order chi connectivity index (χ0) is 33.4. The molecule has 3 atom stereocenters. The number of nitrogens with zero attached hydrogens (tertiary/aromatic N) is 2. The Bertz CT molecular complexity index is 1600. The van der Waals surface area contributed by atoms with Crippen LogP contribution in [-0.2, 0) is 16.4 Å². The zero-order valence-electron chi connectivity index (χ0n) is 26.4. The number of sulfonamides is 1. The highest BCUT2D eigenvalue weighted by Crippen LogP contribution is 2.21. The number of carbonyl (C=O) groups is 2. The molecule has 1 saturated heterocycles. The Labute approximate surface area is 269 Å². The van der Waals surface area contributed by atoms with Crippen molar-refractivity contribution in [2.24, 2.45) is 0 Å². The number of nitrogens with one attached hydrogen (secondary N) is 2. The maximum Gasteiger partial charge on any atom is 0.253 e. The van der Waals surface area contributed by atoms with Crippen LogP contribution in [0.2, 0.25) is 0 Å². The topological polar surface area (TPSA) is 119 Å². The molecular weight excluding hydrogens is 614 g/mol. The molecule has 3 aromatic rings. The van der Waals surface area contributed by atoms with Crippen molar-refractivity contribution in [2.75, 3.05) is 32.7 Å². The molecule has 0 saturated carbocycles. The molecule has 46 heavy (non-hydrogen) atoms. The third-order valence-corrected chi connectivity index (χ3v) is 9.81. The van der Waals surface area contributed by atoms with E-state index in [2.05, 4.69) is 10.6 Å². The number of piperazine rings is 1. The van der Waals surface area contributed by atoms with Crippen LogP contribution in [-0.4, -0.2) is 85.5 Å². The molecular formula is C34H42F2N4O5S. The summed E-state index contributed by atoms with van der Waals surface area (Å²) >= 11 is 0. The summed E-state index contributed by atoms with van der Waals surface area (Å²) in [7, 11) is -3.86. The molecule has 1 aliphatic rings. The highest BCUT2D eigenvalue weighted by Gasteiger charge is 2.37. The van der Waals surface area contributed by atoms with E-state index in [1.807, 2.05) is 13.8 Å². The highest BCUT2D eigenvalue weighted by molar-refractivity contribution is 7.89. The molecule has 1 fully saturated rings. The van der Waals surface area contributed by atoms with Crippen molar-refractivity contribution >= 4 is 21.8 Å². The van der Waals surface area contributed by atoms with E-state index in [0.29, 0.717) is 24.2 Å². The maximum absolute atomic E-state index is 14.1. The predicted octanol–water partition coefficient (Wildman–Crippen LogP) is 3.90. The molecule has 248 valence electrons. The Kier molecular flexibility index (Phi) is 12.0. The summed E-state index contributed by atoms with van der Waals surface area (Å²) < 4.78 is 56.2. The lowest BCUT2D eigenvalue weighted by Gasteiger charge is -2.38. The lowest BCUT2D eigenvalue weighted by Crippen LogP contribution is -2.62. The normalized spacial score (nSPS) is 16.9. The highest BCUT2D eigenvalue weighted by atomic mass is 32.2. The van der Waals surface area contributed by atoms with Gasteiger partial charge in [-0.1, -0.05) is 32.0 Å². The minimum atomic E-state index is -3.86. The van der Waals surface area contributed by atoms with Gasteiger partial charge >= 0.3 is 0 Å². The van der Waals surface area contributed by atoms with Gasteiger partial charge in [-0.25, -0.2) is 17.2 Å². The van der Waals surface area contributed by atoms with Gasteiger partial charge in [0.25, 0.3) is 11.8 Å². The Hall–Kier alpha value is -3.71. The minimum Gasteiger partial charge on any atom is -0.389 e. The van der Waals surface area contributed by atoms with Crippen molar-refractivity contribution in [3.8, 4) is 0 Å². The number of aryl methyl sites for hydroxylation is 1. The second-order valence-corrected chi connectivity index (χ2v) is 13.6. The fourth-order valence-corrected chi connectivity index (χ4v) is 7.27. The minimum absolute atomic E-state index is 0.101. The molecule has 0 aromatic heterocycles. The van der Waals surface area contributed by atoms with Crippen LogP contribution in [0.15, 0.2) is 71.6 Å². The fourth-order valence-electron chi connectivity index (χ4n) is 5.79. The van der Waals surface area contributed by atoms with E-state index >= 15 is 0 Å². The third kappa shape index (κ3) is 8.75. The van der Waals surface area contributed by atoms with Gasteiger partial charge in [-0.05, 0) is 79.8 Å². The van der Waals surface area contributed by atoms with E-state index in [9.17, 15) is 31.9 Å². The van der Waals surface area contributed by atoms with Crippen molar-refractivity contribution in [1.82, 2.24) is 19.8 Å². The average Bonchev–Trinajstić information content (AvgIpc) is 3.03. The first-order valence-electron chi connectivity index (χ1n) is 15.6. The number of carbonyl (C=O) groups excluding carboxylic acids is 2. The van der Waals surface area contributed by atoms with Gasteiger partial charge in [-0.15, -0.1) is 0 Å². The smallest absolute Gasteiger partial charge is 0.253 e. The van der Waals surface area contributed by atoms with Gasteiger partial charge in [0.05, 0.1) is 17.0 Å². The first kappa shape index (κ1) is 35.1. The van der Waals surface area contributed by atoms with Gasteiger partial charge < -0.3 is 20.6 Å². The lowest BCUT2D eigenvalue weighted by molar-refractivity contribution is 0.0600. The largest absolute Gasteiger partial charge is 0.389 e. The maximum atomic E-state index is 14.1. The van der Waals surface area contributed by atoms with Crippen molar-refractivity contribution in [1.29, 1.82) is 0 Å². The second kappa shape index (κ2) is 15.7. The number of rotatable bonds is 13. The summed E-state index contributed by atoms with van der Waals surface area (Å²) in [4.78, 5) is 28.9. The predicted molar refractivity (Wildman–Crippen MR) is 172 cm³/mol. The van der Waals surface area contributed by atoms with Gasteiger partial charge in [-0.2, -0.15) is 4.31 Å². The molecule has 0 aliphatic carbocycles. The summed E-state index contributed by atoms with van der Waals surface area (Å²) in [5, 5.41) is 17.6. The number of hydrogen-bond donors (Lipinski definition) is 3. The standard InChI is InChI=1S/C34H42F2N4O5S/c1-4-12-39(13-5-2)34(43)26-16-23(3)15-25(20-26)33(42)38-30(19-24-17-27(35)21-28(36)18-24)32(41)31-22-40(14-11-37-31)46(44,45)29-9-7-6-8-10-29/h6-10,15-18,20-21,30-32,37,41H,4-5,11-14,19,22H2,1-3H3,(H,38,42)/t30-,31+,32?/m0/s1. The van der Waals surface area contributed by atoms with Gasteiger partial charge in [0.15, 0.2) is 0 Å². The van der Waals surface area contributed by atoms with Crippen molar-refractivity contribution in [2.45, 2.75) is 63.1 Å². The van der Waals surface area contributed by atoms with E-state index in [-0.39, 0.29) is 48.0 Å². The summed E-state index contributed by atoms with van der Waals surface area (Å²) in [6, 6.07) is 13.9. The lowest BCUT2D eigenvalue weighted by atomic mass is 9.94. The first-order valence-corrected chi connectivity index (χ1v) is 17.0. The molecule has 1 aliphatic heterocycles. The summed E-state index contributed by atoms with van der Waals surface area (Å²) in [5.74, 6) is -2.41. The summed E-state index contributed by atoms with van der Waals surface area (Å²) in [6.45, 7) is 7.19. The Balaban J connectivity index is 1.61. The van der Waals surface area contributed by atoms with Gasteiger partial charge in [0, 0.05) is 56.0 Å². The third-order valence-electron chi connectivity index (χ3n) is 7.93. The molecule has 9 nitrogen and oxygen atoms in total. The molecule has 2 amide bonds. The number of amides is 2. The molecule has 3 aromatic carbocycles.